The smallest absolute Gasteiger partial charge is 0.397 e. The molecule has 0 aliphatic heterocycles. The van der Waals surface area contributed by atoms with Gasteiger partial charge in [0.2, 0.25) is 0 Å². The fraction of sp³-hybridized carbons (Fsp3) is 0.867. The first-order valence-electron chi connectivity index (χ1n) is 14.4. The molecule has 0 aromatic rings. The highest BCUT2D eigenvalue weighted by Gasteiger charge is 2.70. The fourth-order valence-electron chi connectivity index (χ4n) is 10.7. The van der Waals surface area contributed by atoms with E-state index in [-0.39, 0.29) is 45.2 Å². The third kappa shape index (κ3) is 3.68. The van der Waals surface area contributed by atoms with E-state index in [9.17, 15) is 27.7 Å². The summed E-state index contributed by atoms with van der Waals surface area (Å²) in [5.41, 5.74) is -0.918. The van der Waals surface area contributed by atoms with Gasteiger partial charge in [-0.1, -0.05) is 47.1 Å². The Labute approximate surface area is 228 Å². The topological polar surface area (TPSA) is 118 Å². The van der Waals surface area contributed by atoms with Crippen LogP contribution in [-0.2, 0) is 24.2 Å². The van der Waals surface area contributed by atoms with Gasteiger partial charge in [0.15, 0.2) is 5.78 Å². The number of rotatable bonds is 3. The standard InChI is InChI=1S/C30H46O7S/c1-25(2)21-8-11-30(7)23(28(21,5)10-9-22(25)37-38(34,35)36)20(31)16-18-19-17-27(4,24(32)33)13-12-26(19,3)14-15-29(18,30)6/h16,19,21-23H,8-15,17H2,1-7H3,(H,32,33)(H,34,35,36)/t19-,21-,22+,23+,26+,27-,28-,29+,30+/m0/s1. The molecule has 5 aliphatic carbocycles. The number of carbonyl (C=O) groups is 2. The minimum Gasteiger partial charge on any atom is -0.481 e. The molecule has 0 radical (unpaired) electrons. The van der Waals surface area contributed by atoms with E-state index < -0.39 is 33.3 Å². The molecule has 0 saturated heterocycles. The van der Waals surface area contributed by atoms with E-state index >= 15 is 0 Å². The zero-order valence-corrected chi connectivity index (χ0v) is 24.9. The van der Waals surface area contributed by atoms with Crippen LogP contribution in [0.4, 0.5) is 0 Å². The predicted octanol–water partition coefficient (Wildman–Crippen LogP) is 6.24. The van der Waals surface area contributed by atoms with Crippen molar-refractivity contribution in [2.45, 2.75) is 112 Å². The van der Waals surface area contributed by atoms with Crippen molar-refractivity contribution in [1.29, 1.82) is 0 Å². The summed E-state index contributed by atoms with van der Waals surface area (Å²) in [4.78, 5) is 26.6. The maximum atomic E-state index is 14.3. The molecule has 0 bridgehead atoms. The first-order chi connectivity index (χ1) is 17.2. The minimum atomic E-state index is -4.58. The van der Waals surface area contributed by atoms with Gasteiger partial charge in [-0.05, 0) is 110 Å². The first-order valence-corrected chi connectivity index (χ1v) is 15.8. The first kappa shape index (κ1) is 28.3. The molecule has 5 rings (SSSR count). The maximum absolute atomic E-state index is 14.3. The summed E-state index contributed by atoms with van der Waals surface area (Å²) < 4.78 is 37.9. The van der Waals surface area contributed by atoms with Crippen LogP contribution in [-0.4, -0.2) is 35.9 Å². The lowest BCUT2D eigenvalue weighted by atomic mass is 9.33. The highest BCUT2D eigenvalue weighted by Crippen LogP contribution is 2.75. The van der Waals surface area contributed by atoms with Crippen LogP contribution in [0.2, 0.25) is 0 Å². The maximum Gasteiger partial charge on any atom is 0.397 e. The molecule has 8 heteroatoms. The quantitative estimate of drug-likeness (QED) is 0.399. The summed E-state index contributed by atoms with van der Waals surface area (Å²) >= 11 is 0. The molecular formula is C30H46O7S. The lowest BCUT2D eigenvalue weighted by molar-refractivity contribution is -0.199. The van der Waals surface area contributed by atoms with E-state index in [2.05, 4.69) is 27.7 Å². The molecule has 0 unspecified atom stereocenters. The van der Waals surface area contributed by atoms with Gasteiger partial charge in [0, 0.05) is 5.92 Å². The highest BCUT2D eigenvalue weighted by atomic mass is 32.3. The number of aliphatic carboxylic acids is 1. The Kier molecular flexibility index (Phi) is 6.07. The third-order valence-corrected chi connectivity index (χ3v) is 13.7. The van der Waals surface area contributed by atoms with Crippen LogP contribution in [0.25, 0.3) is 0 Å². The van der Waals surface area contributed by atoms with Gasteiger partial charge in [-0.15, -0.1) is 0 Å². The van der Waals surface area contributed by atoms with E-state index in [4.69, 9.17) is 4.18 Å². The molecule has 4 fully saturated rings. The Bertz CT molecular complexity index is 1200. The summed E-state index contributed by atoms with van der Waals surface area (Å²) in [5, 5.41) is 10.1. The molecule has 9 atom stereocenters. The second kappa shape index (κ2) is 8.16. The van der Waals surface area contributed by atoms with Gasteiger partial charge in [0.1, 0.15) is 0 Å². The fourth-order valence-corrected chi connectivity index (χ4v) is 11.3. The number of carbonyl (C=O) groups excluding carboxylic acids is 1. The molecule has 4 saturated carbocycles. The Balaban J connectivity index is 1.57. The van der Waals surface area contributed by atoms with Crippen LogP contribution in [0, 0.1) is 50.2 Å². The van der Waals surface area contributed by atoms with Crippen molar-refractivity contribution in [3.63, 3.8) is 0 Å². The second-order valence-electron chi connectivity index (χ2n) is 15.4. The lowest BCUT2D eigenvalue weighted by Gasteiger charge is -2.70. The van der Waals surface area contributed by atoms with E-state index in [1.165, 1.54) is 5.57 Å². The molecule has 0 spiro atoms. The summed E-state index contributed by atoms with van der Waals surface area (Å²) in [6.45, 7) is 15.1. The van der Waals surface area contributed by atoms with Gasteiger partial charge < -0.3 is 5.11 Å². The number of carboxylic acid groups (broad SMARTS) is 1. The van der Waals surface area contributed by atoms with Crippen LogP contribution in [0.15, 0.2) is 11.6 Å². The van der Waals surface area contributed by atoms with Crippen LogP contribution in [0.5, 0.6) is 0 Å². The van der Waals surface area contributed by atoms with Gasteiger partial charge in [-0.3, -0.25) is 14.1 Å². The molecule has 38 heavy (non-hydrogen) atoms. The zero-order valence-electron chi connectivity index (χ0n) is 24.1. The molecule has 0 amide bonds. The Morgan fingerprint density at radius 3 is 2.18 bits per heavy atom. The van der Waals surface area contributed by atoms with Crippen molar-refractivity contribution >= 4 is 22.2 Å². The van der Waals surface area contributed by atoms with Gasteiger partial charge in [0.05, 0.1) is 11.5 Å². The lowest BCUT2D eigenvalue weighted by Crippen LogP contribution is -2.66. The number of allylic oxidation sites excluding steroid dienone is 2. The molecular weight excluding hydrogens is 504 g/mol. The van der Waals surface area contributed by atoms with E-state index in [1.54, 1.807) is 0 Å². The van der Waals surface area contributed by atoms with Crippen LogP contribution in [0.3, 0.4) is 0 Å². The van der Waals surface area contributed by atoms with Crippen LogP contribution >= 0.6 is 0 Å². The zero-order chi connectivity index (χ0) is 28.3. The summed E-state index contributed by atoms with van der Waals surface area (Å²) in [6, 6.07) is 0. The highest BCUT2D eigenvalue weighted by molar-refractivity contribution is 7.80. The number of fused-ring (bicyclic) bond motifs is 7. The number of hydrogen-bond acceptors (Lipinski definition) is 5. The van der Waals surface area contributed by atoms with Gasteiger partial charge in [-0.25, -0.2) is 4.18 Å². The molecule has 2 N–H and O–H groups in total. The molecule has 0 heterocycles. The average Bonchev–Trinajstić information content (AvgIpc) is 2.77. The van der Waals surface area contributed by atoms with Crippen LogP contribution < -0.4 is 0 Å². The Hall–Kier alpha value is -1.25. The van der Waals surface area contributed by atoms with Gasteiger partial charge in [-0.2, -0.15) is 8.42 Å². The summed E-state index contributed by atoms with van der Waals surface area (Å²) in [6.07, 6.45) is 8.27. The Morgan fingerprint density at radius 2 is 1.58 bits per heavy atom. The number of ketones is 1. The van der Waals surface area contributed by atoms with Crippen LogP contribution in [0.1, 0.15) is 106 Å². The van der Waals surface area contributed by atoms with E-state index in [1.807, 2.05) is 26.8 Å². The van der Waals surface area contributed by atoms with Crippen molar-refractivity contribution in [3.05, 3.63) is 11.6 Å². The molecule has 0 aromatic heterocycles. The van der Waals surface area contributed by atoms with Crippen molar-refractivity contribution in [2.75, 3.05) is 0 Å². The van der Waals surface area contributed by atoms with Gasteiger partial charge >= 0.3 is 16.4 Å². The SMILES string of the molecule is CC1(C)[C@H](OS(=O)(=O)O)CC[C@]2(C)[C@H]3C(=O)C=C4[C@@H]5C[C@@](C)(C(=O)O)CC[C@]5(C)CC[C@@]4(C)[C@]3(C)CC[C@@H]12. The number of hydrogen-bond donors (Lipinski definition) is 2. The molecule has 214 valence electrons. The van der Waals surface area contributed by atoms with Gasteiger partial charge in [0.25, 0.3) is 0 Å². The van der Waals surface area contributed by atoms with Crippen molar-refractivity contribution < 1.29 is 31.8 Å². The van der Waals surface area contributed by atoms with Crippen molar-refractivity contribution in [2.24, 2.45) is 50.2 Å². The average molecular weight is 551 g/mol. The van der Waals surface area contributed by atoms with E-state index in [0.29, 0.717) is 25.7 Å². The monoisotopic (exact) mass is 550 g/mol. The predicted molar refractivity (Wildman–Crippen MR) is 143 cm³/mol. The molecule has 0 aromatic carbocycles. The van der Waals surface area contributed by atoms with Crippen molar-refractivity contribution in [1.82, 2.24) is 0 Å². The third-order valence-electron chi connectivity index (χ3n) is 13.3. The Morgan fingerprint density at radius 1 is 0.947 bits per heavy atom. The molecule has 7 nitrogen and oxygen atoms in total. The largest absolute Gasteiger partial charge is 0.481 e. The normalized spacial score (nSPS) is 50.1. The minimum absolute atomic E-state index is 0.0120. The van der Waals surface area contributed by atoms with E-state index in [0.717, 1.165) is 32.1 Å². The second-order valence-corrected chi connectivity index (χ2v) is 16.5. The molecule has 5 aliphatic rings. The summed E-state index contributed by atoms with van der Waals surface area (Å²) in [7, 11) is -4.58. The van der Waals surface area contributed by atoms with Crippen molar-refractivity contribution in [3.8, 4) is 0 Å². The number of carboxylic acids is 1. The summed E-state index contributed by atoms with van der Waals surface area (Å²) in [5.74, 6) is -0.636.